The van der Waals surface area contributed by atoms with Gasteiger partial charge < -0.3 is 4.74 Å². The van der Waals surface area contributed by atoms with Crippen LogP contribution >= 0.6 is 12.6 Å². The number of rotatable bonds is 1. The Labute approximate surface area is 69.2 Å². The summed E-state index contributed by atoms with van der Waals surface area (Å²) in [5, 5.41) is 1.33. The zero-order chi connectivity index (χ0) is 5.70. The van der Waals surface area contributed by atoms with E-state index in [0.29, 0.717) is 0 Å². The van der Waals surface area contributed by atoms with Gasteiger partial charge in [0.25, 0.3) is 0 Å². The summed E-state index contributed by atoms with van der Waals surface area (Å²) >= 11 is 3.63. The van der Waals surface area contributed by atoms with E-state index in [4.69, 9.17) is 0 Å². The molecule has 2 nitrogen and oxygen atoms in total. The maximum atomic E-state index is 10.1. The van der Waals surface area contributed by atoms with Crippen molar-refractivity contribution in [3.8, 4) is 0 Å². The quantitative estimate of drug-likeness (QED) is 0.306. The van der Waals surface area contributed by atoms with E-state index >= 15 is 0 Å². The van der Waals surface area contributed by atoms with Crippen molar-refractivity contribution < 1.29 is 31.9 Å². The van der Waals surface area contributed by atoms with Crippen LogP contribution in [0.4, 0.5) is 0 Å². The monoisotopic (exact) mass is 225 g/mol. The fourth-order valence-electron chi connectivity index (χ4n) is 0.129. The molecule has 0 fully saturated rings. The molecule has 0 spiro atoms. The van der Waals surface area contributed by atoms with Gasteiger partial charge in [-0.3, -0.25) is 0 Å². The predicted molar refractivity (Wildman–Crippen MR) is 30.1 cm³/mol. The largest absolute Gasteiger partial charge is 0.466 e. The van der Waals surface area contributed by atoms with Crippen molar-refractivity contribution in [2.75, 3.05) is 7.11 Å². The fourth-order valence-corrected chi connectivity index (χ4v) is 0.251. The van der Waals surface area contributed by atoms with E-state index < -0.39 is 0 Å². The van der Waals surface area contributed by atoms with Crippen molar-refractivity contribution in [3.63, 3.8) is 0 Å². The molecule has 0 N–H and O–H groups in total. The topological polar surface area (TPSA) is 26.3 Å². The fraction of sp³-hybridized carbons (Fsp3) is 0.250. The van der Waals surface area contributed by atoms with Gasteiger partial charge in [-0.15, -0.1) is 0 Å². The zero-order valence-corrected chi connectivity index (χ0v) is 6.60. The molecule has 0 aromatic heterocycles. The number of ether oxygens (including phenoxy) is 1. The van der Waals surface area contributed by atoms with Crippen molar-refractivity contribution in [1.29, 1.82) is 0 Å². The summed E-state index contributed by atoms with van der Waals surface area (Å²) in [6.45, 7) is 0. The molecule has 51 valence electrons. The van der Waals surface area contributed by atoms with Crippen LogP contribution in [0.3, 0.4) is 0 Å². The third kappa shape index (κ3) is 6.30. The predicted octanol–water partition coefficient (Wildman–Crippen LogP) is 0.600. The van der Waals surface area contributed by atoms with Crippen LogP contribution in [-0.2, 0) is 31.9 Å². The van der Waals surface area contributed by atoms with Gasteiger partial charge in [0, 0.05) is 28.5 Å². The van der Waals surface area contributed by atoms with Gasteiger partial charge in [-0.05, 0) is 5.41 Å². The van der Waals surface area contributed by atoms with Gasteiger partial charge in [-0.25, -0.2) is 4.79 Å². The standard InChI is InChI=1S/C4H6O2S.Ag/c1-6-4(5)2-3-7;/h2-3,7H,1H3;. The van der Waals surface area contributed by atoms with Crippen LogP contribution in [0.5, 0.6) is 0 Å². The van der Waals surface area contributed by atoms with Crippen LogP contribution in [0.2, 0.25) is 0 Å². The van der Waals surface area contributed by atoms with Crippen LogP contribution in [-0.4, -0.2) is 13.1 Å². The van der Waals surface area contributed by atoms with Crippen molar-refractivity contribution >= 4 is 18.6 Å². The Morgan fingerprint density at radius 3 is 2.38 bits per heavy atom. The van der Waals surface area contributed by atoms with Crippen molar-refractivity contribution in [2.45, 2.75) is 0 Å². The molecule has 0 atom stereocenters. The molecular formula is C4H6AgO2S. The molecule has 0 heterocycles. The number of hydrogen-bond donors (Lipinski definition) is 1. The summed E-state index contributed by atoms with van der Waals surface area (Å²) in [7, 11) is 1.32. The van der Waals surface area contributed by atoms with E-state index in [2.05, 4.69) is 17.4 Å². The van der Waals surface area contributed by atoms with E-state index in [-0.39, 0.29) is 28.3 Å². The molecule has 1 radical (unpaired) electrons. The molecule has 4 heteroatoms. The maximum absolute atomic E-state index is 10.1. The zero-order valence-electron chi connectivity index (χ0n) is 4.22. The third-order valence-corrected chi connectivity index (χ3v) is 0.561. The summed E-state index contributed by atoms with van der Waals surface area (Å²) in [4.78, 5) is 10.1. The number of esters is 1. The van der Waals surface area contributed by atoms with Gasteiger partial charge in [-0.1, -0.05) is 0 Å². The van der Waals surface area contributed by atoms with E-state index in [1.165, 1.54) is 18.6 Å². The van der Waals surface area contributed by atoms with Crippen molar-refractivity contribution in [3.05, 3.63) is 11.5 Å². The average molecular weight is 226 g/mol. The number of methoxy groups -OCH3 is 1. The van der Waals surface area contributed by atoms with Gasteiger partial charge in [-0.2, -0.15) is 12.6 Å². The van der Waals surface area contributed by atoms with E-state index in [1.54, 1.807) is 0 Å². The molecule has 0 saturated carbocycles. The van der Waals surface area contributed by atoms with Gasteiger partial charge in [0.05, 0.1) is 7.11 Å². The molecular weight excluding hydrogens is 220 g/mol. The van der Waals surface area contributed by atoms with Gasteiger partial charge in [0.15, 0.2) is 0 Å². The Morgan fingerprint density at radius 2 is 2.25 bits per heavy atom. The minimum absolute atomic E-state index is 0. The minimum atomic E-state index is -0.380. The molecule has 0 aliphatic rings. The molecule has 0 aliphatic carbocycles. The molecule has 0 unspecified atom stereocenters. The van der Waals surface area contributed by atoms with E-state index in [9.17, 15) is 4.79 Å². The van der Waals surface area contributed by atoms with Crippen LogP contribution in [0.1, 0.15) is 0 Å². The molecule has 0 aromatic rings. The summed E-state index contributed by atoms with van der Waals surface area (Å²) in [6, 6.07) is 0. The Bertz CT molecular complexity index is 92.0. The molecule has 0 saturated heterocycles. The maximum Gasteiger partial charge on any atom is 0.330 e. The summed E-state index contributed by atoms with van der Waals surface area (Å²) in [6.07, 6.45) is 1.23. The van der Waals surface area contributed by atoms with Gasteiger partial charge >= 0.3 is 5.97 Å². The first-order valence-electron chi connectivity index (χ1n) is 1.70. The average Bonchev–Trinajstić information content (AvgIpc) is 1.68. The SMILES string of the molecule is COC(=O)C=CS.[Ag]. The Balaban J connectivity index is 0. The Kier molecular flexibility index (Phi) is 10.2. The minimum Gasteiger partial charge on any atom is -0.466 e. The second-order valence-electron chi connectivity index (χ2n) is 0.839. The van der Waals surface area contributed by atoms with Crippen LogP contribution in [0.15, 0.2) is 11.5 Å². The number of hydrogen-bond acceptors (Lipinski definition) is 3. The first-order chi connectivity index (χ1) is 3.31. The van der Waals surface area contributed by atoms with Gasteiger partial charge in [0.1, 0.15) is 0 Å². The van der Waals surface area contributed by atoms with E-state index in [1.807, 2.05) is 0 Å². The van der Waals surface area contributed by atoms with Crippen molar-refractivity contribution in [2.24, 2.45) is 0 Å². The first-order valence-corrected chi connectivity index (χ1v) is 2.21. The summed E-state index contributed by atoms with van der Waals surface area (Å²) in [5.41, 5.74) is 0. The second-order valence-corrected chi connectivity index (χ2v) is 1.14. The summed E-state index contributed by atoms with van der Waals surface area (Å²) in [5.74, 6) is -0.380. The van der Waals surface area contributed by atoms with E-state index in [0.717, 1.165) is 0 Å². The summed E-state index contributed by atoms with van der Waals surface area (Å²) < 4.78 is 4.22. The Morgan fingerprint density at radius 1 is 1.75 bits per heavy atom. The second kappa shape index (κ2) is 7.30. The molecule has 0 amide bonds. The first kappa shape index (κ1) is 11.1. The number of thiol groups is 1. The molecule has 0 bridgehead atoms. The van der Waals surface area contributed by atoms with Crippen LogP contribution in [0, 0.1) is 0 Å². The normalized spacial score (nSPS) is 8.25. The van der Waals surface area contributed by atoms with Crippen LogP contribution < -0.4 is 0 Å². The smallest absolute Gasteiger partial charge is 0.330 e. The molecule has 0 rings (SSSR count). The van der Waals surface area contributed by atoms with Crippen molar-refractivity contribution in [1.82, 2.24) is 0 Å². The number of carbonyl (C=O) groups excluding carboxylic acids is 1. The third-order valence-electron chi connectivity index (χ3n) is 0.412. The Hall–Kier alpha value is 0.300. The van der Waals surface area contributed by atoms with Gasteiger partial charge in [0.2, 0.25) is 0 Å². The van der Waals surface area contributed by atoms with Crippen LogP contribution in [0.25, 0.3) is 0 Å². The molecule has 0 aliphatic heterocycles. The molecule has 8 heavy (non-hydrogen) atoms. The number of carbonyl (C=O) groups is 1. The molecule has 0 aromatic carbocycles.